The third kappa shape index (κ3) is 1.11. The van der Waals surface area contributed by atoms with Gasteiger partial charge in [-0.2, -0.15) is 0 Å². The Bertz CT molecular complexity index is 553. The summed E-state index contributed by atoms with van der Waals surface area (Å²) in [4.78, 5) is 11.1. The highest BCUT2D eigenvalue weighted by Gasteiger charge is 2.23. The van der Waals surface area contributed by atoms with E-state index in [-0.39, 0.29) is 17.5 Å². The molecule has 0 fully saturated rings. The van der Waals surface area contributed by atoms with Crippen LogP contribution in [0.2, 0.25) is 0 Å². The van der Waals surface area contributed by atoms with E-state index in [2.05, 4.69) is 0 Å². The van der Waals surface area contributed by atoms with E-state index in [1.54, 1.807) is 6.07 Å². The minimum atomic E-state index is -0.316. The van der Waals surface area contributed by atoms with Gasteiger partial charge in [-0.25, -0.2) is 0 Å². The van der Waals surface area contributed by atoms with Crippen LogP contribution in [0.25, 0.3) is 11.0 Å². The van der Waals surface area contributed by atoms with Crippen molar-refractivity contribution in [3.05, 3.63) is 24.0 Å². The van der Waals surface area contributed by atoms with Crippen LogP contribution in [-0.4, -0.2) is 11.1 Å². The number of aryl methyl sites for hydroxylation is 1. The second kappa shape index (κ2) is 2.76. The maximum atomic E-state index is 11.1. The van der Waals surface area contributed by atoms with E-state index in [4.69, 9.17) is 9.15 Å². The number of fused-ring (bicyclic) bond motifs is 2. The molecule has 0 radical (unpaired) electrons. The number of esters is 1. The fourth-order valence-corrected chi connectivity index (χ4v) is 1.83. The highest BCUT2D eigenvalue weighted by molar-refractivity contribution is 5.89. The van der Waals surface area contributed by atoms with E-state index in [0.717, 1.165) is 10.9 Å². The monoisotopic (exact) mass is 204 g/mol. The number of carbonyl (C=O) groups excluding carboxylic acids is 1. The molecule has 0 spiro atoms. The van der Waals surface area contributed by atoms with Crippen LogP contribution in [0.1, 0.15) is 12.0 Å². The summed E-state index contributed by atoms with van der Waals surface area (Å²) in [6, 6.07) is 3.64. The third-order valence-corrected chi connectivity index (χ3v) is 2.56. The molecule has 0 amide bonds. The maximum Gasteiger partial charge on any atom is 0.311 e. The zero-order valence-electron chi connectivity index (χ0n) is 7.82. The highest BCUT2D eigenvalue weighted by Crippen LogP contribution is 2.40. The lowest BCUT2D eigenvalue weighted by Crippen LogP contribution is -2.15. The summed E-state index contributed by atoms with van der Waals surface area (Å²) < 4.78 is 10.1. The van der Waals surface area contributed by atoms with Crippen LogP contribution in [-0.2, 0) is 11.2 Å². The molecule has 0 saturated heterocycles. The van der Waals surface area contributed by atoms with Gasteiger partial charge in [0.25, 0.3) is 0 Å². The van der Waals surface area contributed by atoms with Crippen molar-refractivity contribution in [1.29, 1.82) is 0 Å². The van der Waals surface area contributed by atoms with Crippen molar-refractivity contribution < 1.29 is 19.1 Å². The van der Waals surface area contributed by atoms with Crippen LogP contribution in [0.3, 0.4) is 0 Å². The average molecular weight is 204 g/mol. The topological polar surface area (TPSA) is 59.7 Å². The molecule has 1 aromatic heterocycles. The van der Waals surface area contributed by atoms with Crippen molar-refractivity contribution in [3.63, 3.8) is 0 Å². The molecule has 3 rings (SSSR count). The molecule has 1 aliphatic rings. The van der Waals surface area contributed by atoms with Crippen molar-refractivity contribution in [2.45, 2.75) is 12.8 Å². The normalized spacial score (nSPS) is 15.1. The Labute approximate surface area is 85.1 Å². The Hall–Kier alpha value is -1.97. The second-order valence-electron chi connectivity index (χ2n) is 3.53. The highest BCUT2D eigenvalue weighted by atomic mass is 16.5. The zero-order chi connectivity index (χ0) is 10.4. The minimum absolute atomic E-state index is 0.0828. The Morgan fingerprint density at radius 3 is 3.07 bits per heavy atom. The summed E-state index contributed by atoms with van der Waals surface area (Å²) in [5, 5.41) is 10.7. The summed E-state index contributed by atoms with van der Waals surface area (Å²) in [7, 11) is 0. The second-order valence-corrected chi connectivity index (χ2v) is 3.53. The summed E-state index contributed by atoms with van der Waals surface area (Å²) in [6.07, 6.45) is 2.45. The van der Waals surface area contributed by atoms with Crippen LogP contribution in [0.5, 0.6) is 11.5 Å². The van der Waals surface area contributed by atoms with Gasteiger partial charge in [-0.3, -0.25) is 4.79 Å². The molecule has 1 N–H and O–H groups in total. The number of hydrogen-bond acceptors (Lipinski definition) is 4. The lowest BCUT2D eigenvalue weighted by Gasteiger charge is -2.16. The van der Waals surface area contributed by atoms with E-state index < -0.39 is 0 Å². The van der Waals surface area contributed by atoms with Crippen molar-refractivity contribution in [1.82, 2.24) is 0 Å². The standard InChI is InChI=1S/C11H8O4/c12-8-2-1-6-5-7-3-4-14-10(7)9(13)11(6)15-8/h3-5,13H,1-2H2. The van der Waals surface area contributed by atoms with Gasteiger partial charge >= 0.3 is 5.97 Å². The van der Waals surface area contributed by atoms with Gasteiger partial charge < -0.3 is 14.3 Å². The van der Waals surface area contributed by atoms with Crippen molar-refractivity contribution in [2.75, 3.05) is 0 Å². The fraction of sp³-hybridized carbons (Fsp3) is 0.182. The maximum absolute atomic E-state index is 11.1. The van der Waals surface area contributed by atoms with Crippen molar-refractivity contribution in [2.24, 2.45) is 0 Å². The van der Waals surface area contributed by atoms with E-state index in [0.29, 0.717) is 18.4 Å². The van der Waals surface area contributed by atoms with Crippen LogP contribution in [0.15, 0.2) is 22.8 Å². The van der Waals surface area contributed by atoms with Crippen LogP contribution < -0.4 is 4.74 Å². The lowest BCUT2D eigenvalue weighted by atomic mass is 10.0. The Morgan fingerprint density at radius 2 is 2.20 bits per heavy atom. The molecule has 0 saturated carbocycles. The van der Waals surface area contributed by atoms with E-state index in [1.165, 1.54) is 6.26 Å². The van der Waals surface area contributed by atoms with Gasteiger partial charge in [-0.05, 0) is 18.6 Å². The molecular formula is C11H8O4. The zero-order valence-corrected chi connectivity index (χ0v) is 7.82. The van der Waals surface area contributed by atoms with Gasteiger partial charge in [0, 0.05) is 10.9 Å². The molecule has 0 aliphatic carbocycles. The number of furan rings is 1. The van der Waals surface area contributed by atoms with Crippen molar-refractivity contribution in [3.8, 4) is 11.5 Å². The molecule has 76 valence electrons. The molecule has 2 aromatic rings. The number of phenols is 1. The lowest BCUT2D eigenvalue weighted by molar-refractivity contribution is -0.135. The first-order valence-corrected chi connectivity index (χ1v) is 4.68. The molecule has 0 unspecified atom stereocenters. The van der Waals surface area contributed by atoms with Gasteiger partial charge in [0.2, 0.25) is 5.75 Å². The Kier molecular flexibility index (Phi) is 1.54. The smallest absolute Gasteiger partial charge is 0.311 e. The minimum Gasteiger partial charge on any atom is -0.502 e. The predicted molar refractivity (Wildman–Crippen MR) is 51.8 cm³/mol. The predicted octanol–water partition coefficient (Wildman–Crippen LogP) is 1.99. The summed E-state index contributed by atoms with van der Waals surface area (Å²) in [6.45, 7) is 0. The van der Waals surface area contributed by atoms with Crippen LogP contribution in [0.4, 0.5) is 0 Å². The van der Waals surface area contributed by atoms with E-state index in [1.807, 2.05) is 6.07 Å². The SMILES string of the molecule is O=C1CCc2cc3ccoc3c(O)c2O1. The average Bonchev–Trinajstić information content (AvgIpc) is 2.68. The molecule has 1 aromatic carbocycles. The molecule has 4 nitrogen and oxygen atoms in total. The first kappa shape index (κ1) is 8.35. The number of aromatic hydroxyl groups is 1. The van der Waals surface area contributed by atoms with Gasteiger partial charge in [-0.1, -0.05) is 0 Å². The molecule has 15 heavy (non-hydrogen) atoms. The number of ether oxygens (including phenoxy) is 1. The van der Waals surface area contributed by atoms with Gasteiger partial charge in [0.1, 0.15) is 0 Å². The molecular weight excluding hydrogens is 196 g/mol. The Morgan fingerprint density at radius 1 is 1.33 bits per heavy atom. The van der Waals surface area contributed by atoms with E-state index in [9.17, 15) is 9.90 Å². The molecule has 0 atom stereocenters. The number of benzene rings is 1. The number of carbonyl (C=O) groups is 1. The number of rotatable bonds is 0. The van der Waals surface area contributed by atoms with Crippen molar-refractivity contribution >= 4 is 16.9 Å². The number of phenolic OH excluding ortho intramolecular Hbond substituents is 1. The van der Waals surface area contributed by atoms with Gasteiger partial charge in [-0.15, -0.1) is 0 Å². The molecule has 0 bridgehead atoms. The van der Waals surface area contributed by atoms with E-state index >= 15 is 0 Å². The summed E-state index contributed by atoms with van der Waals surface area (Å²) in [5.74, 6) is -0.155. The molecule has 4 heteroatoms. The quantitative estimate of drug-likeness (QED) is 0.526. The van der Waals surface area contributed by atoms with Crippen LogP contribution >= 0.6 is 0 Å². The van der Waals surface area contributed by atoms with Gasteiger partial charge in [0.05, 0.1) is 12.7 Å². The molecule has 2 heterocycles. The fourth-order valence-electron chi connectivity index (χ4n) is 1.83. The third-order valence-electron chi connectivity index (χ3n) is 2.56. The summed E-state index contributed by atoms with van der Waals surface area (Å²) >= 11 is 0. The first-order chi connectivity index (χ1) is 7.25. The van der Waals surface area contributed by atoms with Crippen LogP contribution in [0, 0.1) is 0 Å². The van der Waals surface area contributed by atoms with Gasteiger partial charge in [0.15, 0.2) is 11.3 Å². The Balaban J connectivity index is 2.32. The first-order valence-electron chi connectivity index (χ1n) is 4.68. The largest absolute Gasteiger partial charge is 0.502 e. The number of hydrogen-bond donors (Lipinski definition) is 1. The molecule has 1 aliphatic heterocycles. The summed E-state index contributed by atoms with van der Waals surface area (Å²) in [5.41, 5.74) is 1.21.